The van der Waals surface area contributed by atoms with E-state index in [1.54, 1.807) is 37.4 Å². The van der Waals surface area contributed by atoms with Crippen LogP contribution >= 0.6 is 0 Å². The number of amides is 1. The molecule has 29 heavy (non-hydrogen) atoms. The van der Waals surface area contributed by atoms with Gasteiger partial charge in [-0.2, -0.15) is 0 Å². The van der Waals surface area contributed by atoms with Crippen LogP contribution < -0.4 is 10.6 Å². The second-order valence-electron chi connectivity index (χ2n) is 6.50. The van der Waals surface area contributed by atoms with Crippen molar-refractivity contribution >= 4 is 28.3 Å². The number of hydrogen-bond donors (Lipinski definition) is 2. The highest BCUT2D eigenvalue weighted by Gasteiger charge is 2.13. The summed E-state index contributed by atoms with van der Waals surface area (Å²) in [7, 11) is 0. The first kappa shape index (κ1) is 18.5. The molecule has 4 aromatic rings. The van der Waals surface area contributed by atoms with Gasteiger partial charge in [0.1, 0.15) is 23.2 Å². The van der Waals surface area contributed by atoms with Gasteiger partial charge < -0.3 is 10.6 Å². The molecule has 0 fully saturated rings. The first-order valence-corrected chi connectivity index (χ1v) is 9.07. The largest absolute Gasteiger partial charge is 0.366 e. The molecule has 0 saturated heterocycles. The van der Waals surface area contributed by atoms with Crippen LogP contribution in [0.4, 0.5) is 15.9 Å². The molecule has 0 atom stereocenters. The number of hydrogen-bond acceptors (Lipinski definition) is 5. The van der Waals surface area contributed by atoms with Crippen molar-refractivity contribution in [2.24, 2.45) is 0 Å². The summed E-state index contributed by atoms with van der Waals surface area (Å²) in [5.74, 6) is 0.352. The fraction of sp³-hybridized carbons (Fsp3) is 0.0909. The number of aromatic nitrogens is 3. The van der Waals surface area contributed by atoms with E-state index < -0.39 is 0 Å². The molecule has 0 aliphatic heterocycles. The van der Waals surface area contributed by atoms with Gasteiger partial charge in [0.25, 0.3) is 5.91 Å². The number of nitrogens with zero attached hydrogens (tertiary/aromatic N) is 3. The van der Waals surface area contributed by atoms with E-state index in [1.807, 2.05) is 24.3 Å². The summed E-state index contributed by atoms with van der Waals surface area (Å²) in [6.07, 6.45) is 1.68. The number of anilines is 2. The fourth-order valence-corrected chi connectivity index (χ4v) is 2.96. The Balaban J connectivity index is 1.53. The number of fused-ring (bicyclic) bond motifs is 1. The fourth-order valence-electron chi connectivity index (χ4n) is 2.96. The number of pyridine rings is 1. The minimum atomic E-state index is -0.349. The molecule has 4 rings (SSSR count). The van der Waals surface area contributed by atoms with E-state index in [4.69, 9.17) is 0 Å². The molecule has 2 aromatic carbocycles. The number of nitrogens with one attached hydrogen (secondary N) is 2. The van der Waals surface area contributed by atoms with Gasteiger partial charge in [0, 0.05) is 24.2 Å². The third-order valence-corrected chi connectivity index (χ3v) is 4.34. The van der Waals surface area contributed by atoms with Gasteiger partial charge in [-0.3, -0.25) is 9.78 Å². The molecule has 144 valence electrons. The maximum absolute atomic E-state index is 13.0. The SMILES string of the molecule is Cc1nc(NCc2ccc(F)cc2)cc(C(=O)Nc2cccc3cccnc23)n1. The summed E-state index contributed by atoms with van der Waals surface area (Å²) in [4.78, 5) is 25.7. The monoisotopic (exact) mass is 387 g/mol. The van der Waals surface area contributed by atoms with Crippen molar-refractivity contribution in [2.75, 3.05) is 10.6 Å². The number of para-hydroxylation sites is 1. The number of halogens is 1. The zero-order valence-electron chi connectivity index (χ0n) is 15.7. The van der Waals surface area contributed by atoms with Crippen molar-refractivity contribution in [2.45, 2.75) is 13.5 Å². The van der Waals surface area contributed by atoms with E-state index in [2.05, 4.69) is 25.6 Å². The predicted octanol–water partition coefficient (Wildman–Crippen LogP) is 4.34. The Morgan fingerprint density at radius 2 is 1.83 bits per heavy atom. The van der Waals surface area contributed by atoms with Gasteiger partial charge in [-0.15, -0.1) is 0 Å². The highest BCUT2D eigenvalue weighted by atomic mass is 19.1. The molecule has 6 nitrogen and oxygen atoms in total. The molecular formula is C22H18FN5O. The molecule has 1 amide bonds. The molecule has 0 saturated carbocycles. The summed E-state index contributed by atoms with van der Waals surface area (Å²) in [5.41, 5.74) is 2.47. The van der Waals surface area contributed by atoms with Gasteiger partial charge in [-0.25, -0.2) is 14.4 Å². The Hall–Kier alpha value is -3.87. The van der Waals surface area contributed by atoms with Crippen molar-refractivity contribution in [1.82, 2.24) is 15.0 Å². The lowest BCUT2D eigenvalue weighted by atomic mass is 10.2. The van der Waals surface area contributed by atoms with Crippen LogP contribution in [0.3, 0.4) is 0 Å². The average molecular weight is 387 g/mol. The lowest BCUT2D eigenvalue weighted by molar-refractivity contribution is 0.102. The number of carbonyl (C=O) groups excluding carboxylic acids is 1. The van der Waals surface area contributed by atoms with E-state index in [9.17, 15) is 9.18 Å². The number of rotatable bonds is 5. The van der Waals surface area contributed by atoms with E-state index in [1.165, 1.54) is 12.1 Å². The average Bonchev–Trinajstić information content (AvgIpc) is 2.73. The molecule has 0 aliphatic carbocycles. The van der Waals surface area contributed by atoms with Crippen molar-refractivity contribution < 1.29 is 9.18 Å². The van der Waals surface area contributed by atoms with E-state index in [-0.39, 0.29) is 17.4 Å². The summed E-state index contributed by atoms with van der Waals surface area (Å²) < 4.78 is 13.0. The van der Waals surface area contributed by atoms with Crippen LogP contribution in [0.5, 0.6) is 0 Å². The molecule has 0 aliphatic rings. The van der Waals surface area contributed by atoms with Gasteiger partial charge in [0.15, 0.2) is 0 Å². The Kier molecular flexibility index (Phi) is 5.11. The maximum Gasteiger partial charge on any atom is 0.274 e. The van der Waals surface area contributed by atoms with E-state index >= 15 is 0 Å². The summed E-state index contributed by atoms with van der Waals surface area (Å²) in [6.45, 7) is 2.17. The van der Waals surface area contributed by atoms with Crippen molar-refractivity contribution in [3.63, 3.8) is 0 Å². The Labute approximate surface area is 166 Å². The molecule has 0 spiro atoms. The molecule has 7 heteroatoms. The molecule has 2 N–H and O–H groups in total. The summed E-state index contributed by atoms with van der Waals surface area (Å²) in [5, 5.41) is 6.95. The molecular weight excluding hydrogens is 369 g/mol. The second kappa shape index (κ2) is 8.02. The maximum atomic E-state index is 13.0. The topological polar surface area (TPSA) is 79.8 Å². The highest BCUT2D eigenvalue weighted by Crippen LogP contribution is 2.21. The van der Waals surface area contributed by atoms with Crippen LogP contribution in [-0.2, 0) is 6.54 Å². The molecule has 0 bridgehead atoms. The van der Waals surface area contributed by atoms with Gasteiger partial charge in [0.05, 0.1) is 11.2 Å². The van der Waals surface area contributed by atoms with Gasteiger partial charge in [-0.05, 0) is 36.8 Å². The third-order valence-electron chi connectivity index (χ3n) is 4.34. The van der Waals surface area contributed by atoms with Crippen LogP contribution in [0.1, 0.15) is 21.9 Å². The normalized spacial score (nSPS) is 10.7. The zero-order valence-corrected chi connectivity index (χ0v) is 15.7. The van der Waals surface area contributed by atoms with Crippen molar-refractivity contribution in [3.8, 4) is 0 Å². The van der Waals surface area contributed by atoms with Crippen LogP contribution in [0.15, 0.2) is 66.9 Å². The van der Waals surface area contributed by atoms with Crippen LogP contribution in [-0.4, -0.2) is 20.9 Å². The second-order valence-corrected chi connectivity index (χ2v) is 6.50. The minimum Gasteiger partial charge on any atom is -0.366 e. The highest BCUT2D eigenvalue weighted by molar-refractivity contribution is 6.07. The number of aryl methyl sites for hydroxylation is 1. The quantitative estimate of drug-likeness (QED) is 0.533. The standard InChI is InChI=1S/C22H18FN5O/c1-14-26-19(12-20(27-14)25-13-15-7-9-17(23)10-8-15)22(29)28-18-6-2-4-16-5-3-11-24-21(16)18/h2-12H,13H2,1H3,(H,28,29)(H,25,26,27). The smallest absolute Gasteiger partial charge is 0.274 e. The van der Waals surface area contributed by atoms with Crippen LogP contribution in [0.2, 0.25) is 0 Å². The first-order chi connectivity index (χ1) is 14.1. The van der Waals surface area contributed by atoms with Gasteiger partial charge in [-0.1, -0.05) is 30.3 Å². The molecule has 0 unspecified atom stereocenters. The van der Waals surface area contributed by atoms with Crippen molar-refractivity contribution in [3.05, 3.63) is 89.8 Å². The third kappa shape index (κ3) is 4.35. The lowest BCUT2D eigenvalue weighted by Gasteiger charge is -2.10. The van der Waals surface area contributed by atoms with Crippen LogP contribution in [0, 0.1) is 12.7 Å². The zero-order chi connectivity index (χ0) is 20.2. The summed E-state index contributed by atoms with van der Waals surface area (Å²) >= 11 is 0. The van der Waals surface area contributed by atoms with E-state index in [0.717, 1.165) is 10.9 Å². The molecule has 0 radical (unpaired) electrons. The van der Waals surface area contributed by atoms with Gasteiger partial charge >= 0.3 is 0 Å². The Morgan fingerprint density at radius 1 is 1.03 bits per heavy atom. The summed E-state index contributed by atoms with van der Waals surface area (Å²) in [6, 6.07) is 17.2. The van der Waals surface area contributed by atoms with Gasteiger partial charge in [0.2, 0.25) is 0 Å². The minimum absolute atomic E-state index is 0.243. The van der Waals surface area contributed by atoms with E-state index in [0.29, 0.717) is 29.4 Å². The van der Waals surface area contributed by atoms with Crippen molar-refractivity contribution in [1.29, 1.82) is 0 Å². The Morgan fingerprint density at radius 3 is 2.66 bits per heavy atom. The lowest BCUT2D eigenvalue weighted by Crippen LogP contribution is -2.16. The number of benzene rings is 2. The Bertz CT molecular complexity index is 1170. The molecule has 2 heterocycles. The van der Waals surface area contributed by atoms with Crippen LogP contribution in [0.25, 0.3) is 10.9 Å². The predicted molar refractivity (Wildman–Crippen MR) is 110 cm³/mol. The first-order valence-electron chi connectivity index (χ1n) is 9.07. The number of carbonyl (C=O) groups is 1. The molecule has 2 aromatic heterocycles.